The van der Waals surface area contributed by atoms with Crippen molar-refractivity contribution in [3.63, 3.8) is 0 Å². The lowest BCUT2D eigenvalue weighted by atomic mass is 9.86. The fourth-order valence-electron chi connectivity index (χ4n) is 2.39. The number of rotatable bonds is 2. The highest BCUT2D eigenvalue weighted by molar-refractivity contribution is 5.68. The summed E-state index contributed by atoms with van der Waals surface area (Å²) in [6, 6.07) is 2.37. The predicted octanol–water partition coefficient (Wildman–Crippen LogP) is 2.16. The van der Waals surface area contributed by atoms with Gasteiger partial charge in [0.25, 0.3) is 0 Å². The first-order chi connectivity index (χ1) is 7.24. The number of ether oxygens (including phenoxy) is 1. The molecule has 84 valence electrons. The van der Waals surface area contributed by atoms with Crippen molar-refractivity contribution in [2.45, 2.75) is 38.6 Å². The van der Waals surface area contributed by atoms with Gasteiger partial charge >= 0.3 is 6.09 Å². The van der Waals surface area contributed by atoms with E-state index in [1.165, 1.54) is 7.11 Å². The van der Waals surface area contributed by atoms with Crippen molar-refractivity contribution in [1.29, 1.82) is 5.26 Å². The molecule has 15 heavy (non-hydrogen) atoms. The summed E-state index contributed by atoms with van der Waals surface area (Å²) in [5.74, 6) is 0.313. The summed E-state index contributed by atoms with van der Waals surface area (Å²) in [5, 5.41) is 8.73. The van der Waals surface area contributed by atoms with Crippen LogP contribution in [-0.2, 0) is 4.74 Å². The Kier molecular flexibility index (Phi) is 4.41. The summed E-state index contributed by atoms with van der Waals surface area (Å²) < 4.78 is 4.75. The predicted molar refractivity (Wildman–Crippen MR) is 56.1 cm³/mol. The molecule has 1 aliphatic rings. The second-order valence-corrected chi connectivity index (χ2v) is 3.90. The highest BCUT2D eigenvalue weighted by Crippen LogP contribution is 2.28. The molecule has 1 fully saturated rings. The van der Waals surface area contributed by atoms with Gasteiger partial charge in [0.05, 0.1) is 13.2 Å². The van der Waals surface area contributed by atoms with Gasteiger partial charge in [0.15, 0.2) is 0 Å². The number of likely N-dealkylation sites (tertiary alicyclic amines) is 1. The molecule has 0 aromatic rings. The van der Waals surface area contributed by atoms with Gasteiger partial charge in [-0.05, 0) is 25.2 Å². The molecule has 0 N–H and O–H groups in total. The van der Waals surface area contributed by atoms with E-state index in [4.69, 9.17) is 10.00 Å². The molecule has 0 radical (unpaired) electrons. The van der Waals surface area contributed by atoms with E-state index in [2.05, 4.69) is 13.0 Å². The Labute approximate surface area is 90.8 Å². The van der Waals surface area contributed by atoms with Crippen LogP contribution in [-0.4, -0.2) is 30.7 Å². The first-order valence-corrected chi connectivity index (χ1v) is 5.46. The van der Waals surface area contributed by atoms with Gasteiger partial charge in [-0.1, -0.05) is 6.92 Å². The minimum Gasteiger partial charge on any atom is -0.453 e. The fourth-order valence-corrected chi connectivity index (χ4v) is 2.39. The van der Waals surface area contributed by atoms with Gasteiger partial charge < -0.3 is 9.64 Å². The number of hydrogen-bond acceptors (Lipinski definition) is 3. The monoisotopic (exact) mass is 210 g/mol. The highest BCUT2D eigenvalue weighted by Gasteiger charge is 2.33. The molecule has 0 bridgehead atoms. The SMILES string of the molecule is CCC1C(CC#N)CCCN1C(=O)OC. The summed E-state index contributed by atoms with van der Waals surface area (Å²) in [5.41, 5.74) is 0. The van der Waals surface area contributed by atoms with Crippen molar-refractivity contribution in [2.24, 2.45) is 5.92 Å². The Hall–Kier alpha value is -1.24. The molecule has 4 heteroatoms. The molecule has 1 heterocycles. The van der Waals surface area contributed by atoms with E-state index in [9.17, 15) is 4.79 Å². The maximum Gasteiger partial charge on any atom is 0.409 e. The molecule has 4 nitrogen and oxygen atoms in total. The summed E-state index contributed by atoms with van der Waals surface area (Å²) in [7, 11) is 1.41. The summed E-state index contributed by atoms with van der Waals surface area (Å²) in [6.07, 6.45) is 3.18. The van der Waals surface area contributed by atoms with Crippen LogP contribution in [0.5, 0.6) is 0 Å². The van der Waals surface area contributed by atoms with E-state index >= 15 is 0 Å². The topological polar surface area (TPSA) is 53.3 Å². The molecule has 1 saturated heterocycles. The lowest BCUT2D eigenvalue weighted by Crippen LogP contribution is -2.48. The molecular weight excluding hydrogens is 192 g/mol. The van der Waals surface area contributed by atoms with Crippen LogP contribution in [0.3, 0.4) is 0 Å². The van der Waals surface area contributed by atoms with Gasteiger partial charge in [-0.2, -0.15) is 5.26 Å². The number of hydrogen-bond donors (Lipinski definition) is 0. The molecule has 0 aromatic carbocycles. The third-order valence-electron chi connectivity index (χ3n) is 3.10. The fraction of sp³-hybridized carbons (Fsp3) is 0.818. The Balaban J connectivity index is 2.71. The molecular formula is C11H18N2O2. The second-order valence-electron chi connectivity index (χ2n) is 3.90. The standard InChI is InChI=1S/C11H18N2O2/c1-3-10-9(6-7-12)5-4-8-13(10)11(14)15-2/h9-10H,3-6,8H2,1-2H3. The third-order valence-corrected chi connectivity index (χ3v) is 3.10. The maximum absolute atomic E-state index is 11.5. The Morgan fingerprint density at radius 2 is 2.40 bits per heavy atom. The lowest BCUT2D eigenvalue weighted by molar-refractivity contribution is 0.0647. The van der Waals surface area contributed by atoms with Gasteiger partial charge in [0.1, 0.15) is 0 Å². The van der Waals surface area contributed by atoms with Crippen molar-refractivity contribution in [2.75, 3.05) is 13.7 Å². The number of carbonyl (C=O) groups excluding carboxylic acids is 1. The molecule has 1 amide bonds. The number of methoxy groups -OCH3 is 1. The molecule has 2 unspecified atom stereocenters. The number of carbonyl (C=O) groups is 1. The number of nitriles is 1. The minimum atomic E-state index is -0.260. The van der Waals surface area contributed by atoms with Gasteiger partial charge in [0, 0.05) is 19.0 Å². The van der Waals surface area contributed by atoms with Crippen molar-refractivity contribution in [3.05, 3.63) is 0 Å². The van der Waals surface area contributed by atoms with E-state index in [0.29, 0.717) is 12.3 Å². The minimum absolute atomic E-state index is 0.172. The largest absolute Gasteiger partial charge is 0.453 e. The summed E-state index contributed by atoms with van der Waals surface area (Å²) in [4.78, 5) is 13.3. The van der Waals surface area contributed by atoms with E-state index in [-0.39, 0.29) is 12.1 Å². The number of piperidine rings is 1. The van der Waals surface area contributed by atoms with Gasteiger partial charge in [-0.3, -0.25) is 0 Å². The Morgan fingerprint density at radius 1 is 1.67 bits per heavy atom. The molecule has 1 rings (SSSR count). The molecule has 2 atom stereocenters. The summed E-state index contributed by atoms with van der Waals surface area (Å²) >= 11 is 0. The molecule has 0 saturated carbocycles. The molecule has 1 aliphatic heterocycles. The van der Waals surface area contributed by atoms with Crippen molar-refractivity contribution < 1.29 is 9.53 Å². The van der Waals surface area contributed by atoms with Gasteiger partial charge in [-0.25, -0.2) is 4.79 Å². The van der Waals surface area contributed by atoms with Crippen LogP contribution in [0.25, 0.3) is 0 Å². The molecule has 0 spiro atoms. The first kappa shape index (κ1) is 11.8. The average Bonchev–Trinajstić information content (AvgIpc) is 2.28. The lowest BCUT2D eigenvalue weighted by Gasteiger charge is -2.39. The van der Waals surface area contributed by atoms with E-state index < -0.39 is 0 Å². The van der Waals surface area contributed by atoms with Crippen LogP contribution in [0.15, 0.2) is 0 Å². The second kappa shape index (κ2) is 5.59. The number of nitrogens with zero attached hydrogens (tertiary/aromatic N) is 2. The van der Waals surface area contributed by atoms with E-state index in [1.54, 1.807) is 4.90 Å². The van der Waals surface area contributed by atoms with Crippen LogP contribution < -0.4 is 0 Å². The van der Waals surface area contributed by atoms with Gasteiger partial charge in [0.2, 0.25) is 0 Å². The van der Waals surface area contributed by atoms with Gasteiger partial charge in [-0.15, -0.1) is 0 Å². The smallest absolute Gasteiger partial charge is 0.409 e. The third kappa shape index (κ3) is 2.62. The van der Waals surface area contributed by atoms with Crippen molar-refractivity contribution in [3.8, 4) is 6.07 Å². The van der Waals surface area contributed by atoms with Crippen LogP contribution in [0.2, 0.25) is 0 Å². The zero-order chi connectivity index (χ0) is 11.3. The maximum atomic E-state index is 11.5. The quantitative estimate of drug-likeness (QED) is 0.701. The van der Waals surface area contributed by atoms with Crippen molar-refractivity contribution in [1.82, 2.24) is 4.90 Å². The van der Waals surface area contributed by atoms with Crippen LogP contribution in [0.1, 0.15) is 32.6 Å². The van der Waals surface area contributed by atoms with Crippen LogP contribution >= 0.6 is 0 Å². The highest BCUT2D eigenvalue weighted by atomic mass is 16.5. The zero-order valence-electron chi connectivity index (χ0n) is 9.40. The van der Waals surface area contributed by atoms with E-state index in [0.717, 1.165) is 25.8 Å². The average molecular weight is 210 g/mol. The first-order valence-electron chi connectivity index (χ1n) is 5.46. The van der Waals surface area contributed by atoms with Crippen LogP contribution in [0.4, 0.5) is 4.79 Å². The molecule has 0 aliphatic carbocycles. The number of amides is 1. The molecule has 0 aromatic heterocycles. The van der Waals surface area contributed by atoms with E-state index in [1.807, 2.05) is 0 Å². The Bertz CT molecular complexity index is 260. The van der Waals surface area contributed by atoms with Crippen LogP contribution in [0, 0.1) is 17.2 Å². The zero-order valence-corrected chi connectivity index (χ0v) is 9.40. The normalized spacial score (nSPS) is 25.8. The Morgan fingerprint density at radius 3 is 2.93 bits per heavy atom. The van der Waals surface area contributed by atoms with Crippen molar-refractivity contribution >= 4 is 6.09 Å². The summed E-state index contributed by atoms with van der Waals surface area (Å²) in [6.45, 7) is 2.81.